The fourth-order valence-corrected chi connectivity index (χ4v) is 2.77. The molecule has 0 unspecified atom stereocenters. The largest absolute Gasteiger partial charge is 0.493 e. The number of nitrogens with one attached hydrogen (secondary N) is 1. The summed E-state index contributed by atoms with van der Waals surface area (Å²) in [6, 6.07) is 3.59. The molecule has 0 atom stereocenters. The van der Waals surface area contributed by atoms with Crippen molar-refractivity contribution in [2.75, 3.05) is 20.3 Å². The predicted octanol–water partition coefficient (Wildman–Crippen LogP) is 3.13. The Morgan fingerprint density at radius 3 is 2.43 bits per heavy atom. The average Bonchev–Trinajstić information content (AvgIpc) is 2.57. The Morgan fingerprint density at radius 1 is 1.30 bits per heavy atom. The Hall–Kier alpha value is -1.46. The van der Waals surface area contributed by atoms with Crippen LogP contribution in [-0.4, -0.2) is 26.2 Å². The molecule has 0 saturated carbocycles. The summed E-state index contributed by atoms with van der Waals surface area (Å²) in [6.45, 7) is 7.03. The molecule has 0 bridgehead atoms. The third-order valence-electron chi connectivity index (χ3n) is 4.26. The lowest BCUT2D eigenvalue weighted by Gasteiger charge is -2.28. The molecule has 1 aromatic carbocycles. The second-order valence-electron chi connectivity index (χ2n) is 5.42. The van der Waals surface area contributed by atoms with Gasteiger partial charge in [0.15, 0.2) is 11.5 Å². The van der Waals surface area contributed by atoms with Gasteiger partial charge in [-0.25, -0.2) is 0 Å². The smallest absolute Gasteiger partial charge is 0.227 e. The van der Waals surface area contributed by atoms with E-state index < -0.39 is 5.41 Å². The molecule has 0 aliphatic heterocycles. The molecule has 3 N–H and O–H groups in total. The fraction of sp³-hybridized carbons (Fsp3) is 0.588. The molecular weight excluding hydrogens is 316 g/mol. The Kier molecular flexibility index (Phi) is 7.65. The second kappa shape index (κ2) is 8.99. The third-order valence-corrected chi connectivity index (χ3v) is 4.54. The Labute approximate surface area is 143 Å². The van der Waals surface area contributed by atoms with Gasteiger partial charge in [-0.2, -0.15) is 0 Å². The monoisotopic (exact) mass is 342 g/mol. The lowest BCUT2D eigenvalue weighted by molar-refractivity contribution is -0.131. The van der Waals surface area contributed by atoms with E-state index in [0.717, 1.165) is 5.56 Å². The minimum absolute atomic E-state index is 0.0334. The van der Waals surface area contributed by atoms with E-state index in [4.69, 9.17) is 26.8 Å². The summed E-state index contributed by atoms with van der Waals surface area (Å²) in [6.07, 6.45) is 1.42. The minimum Gasteiger partial charge on any atom is -0.493 e. The summed E-state index contributed by atoms with van der Waals surface area (Å²) >= 11 is 6.24. The maximum Gasteiger partial charge on any atom is 0.227 e. The lowest BCUT2D eigenvalue weighted by atomic mass is 9.81. The zero-order chi connectivity index (χ0) is 17.5. The van der Waals surface area contributed by atoms with Gasteiger partial charge >= 0.3 is 0 Å². The van der Waals surface area contributed by atoms with E-state index in [-0.39, 0.29) is 5.91 Å². The van der Waals surface area contributed by atoms with Crippen molar-refractivity contribution >= 4 is 17.5 Å². The number of hydrogen-bond acceptors (Lipinski definition) is 4. The predicted molar refractivity (Wildman–Crippen MR) is 93.1 cm³/mol. The third kappa shape index (κ3) is 4.52. The maximum atomic E-state index is 12.5. The molecule has 0 radical (unpaired) electrons. The molecule has 5 nitrogen and oxygen atoms in total. The molecule has 0 fully saturated rings. The molecule has 0 heterocycles. The number of methoxy groups -OCH3 is 1. The van der Waals surface area contributed by atoms with E-state index in [1.165, 1.54) is 0 Å². The van der Waals surface area contributed by atoms with Crippen LogP contribution < -0.4 is 20.5 Å². The average molecular weight is 343 g/mol. The Balaban J connectivity index is 2.90. The van der Waals surface area contributed by atoms with Crippen LogP contribution in [0.4, 0.5) is 0 Å². The maximum absolute atomic E-state index is 12.5. The molecule has 23 heavy (non-hydrogen) atoms. The number of ether oxygens (including phenoxy) is 2. The fourth-order valence-electron chi connectivity index (χ4n) is 2.48. The molecule has 1 aromatic rings. The molecule has 6 heteroatoms. The first-order chi connectivity index (χ1) is 11.0. The van der Waals surface area contributed by atoms with Crippen molar-refractivity contribution in [3.05, 3.63) is 22.7 Å². The zero-order valence-electron chi connectivity index (χ0n) is 14.4. The Morgan fingerprint density at radius 2 is 1.96 bits per heavy atom. The highest BCUT2D eigenvalue weighted by molar-refractivity contribution is 6.32. The van der Waals surface area contributed by atoms with Gasteiger partial charge in [0.1, 0.15) is 0 Å². The van der Waals surface area contributed by atoms with E-state index in [2.05, 4.69) is 5.32 Å². The molecule has 0 aliphatic rings. The van der Waals surface area contributed by atoms with Gasteiger partial charge < -0.3 is 20.5 Å². The van der Waals surface area contributed by atoms with Gasteiger partial charge in [-0.05, 0) is 37.5 Å². The van der Waals surface area contributed by atoms with E-state index in [9.17, 15) is 4.79 Å². The molecule has 0 aliphatic carbocycles. The molecule has 1 amide bonds. The van der Waals surface area contributed by atoms with Crippen molar-refractivity contribution in [3.8, 4) is 11.5 Å². The summed E-state index contributed by atoms with van der Waals surface area (Å²) in [7, 11) is 1.56. The van der Waals surface area contributed by atoms with Gasteiger partial charge in [-0.1, -0.05) is 25.4 Å². The molecule has 0 aromatic heterocycles. The van der Waals surface area contributed by atoms with Crippen molar-refractivity contribution in [2.45, 2.75) is 40.2 Å². The van der Waals surface area contributed by atoms with Crippen LogP contribution in [-0.2, 0) is 11.3 Å². The molecular formula is C17H27ClN2O3. The first kappa shape index (κ1) is 19.6. The standard InChI is InChI=1S/C17H27ClN2O3/c1-5-17(6-2,11-19)16(21)20-10-12-8-13(18)15(23-7-3)14(9-12)22-4/h8-9H,5-7,10-11,19H2,1-4H3,(H,20,21). The minimum atomic E-state index is -0.515. The zero-order valence-corrected chi connectivity index (χ0v) is 15.1. The number of nitrogens with two attached hydrogens (primary N) is 1. The highest BCUT2D eigenvalue weighted by Gasteiger charge is 2.33. The van der Waals surface area contributed by atoms with Crippen LogP contribution in [0.3, 0.4) is 0 Å². The van der Waals surface area contributed by atoms with Crippen LogP contribution in [0.1, 0.15) is 39.2 Å². The van der Waals surface area contributed by atoms with Crippen LogP contribution in [0.25, 0.3) is 0 Å². The van der Waals surface area contributed by atoms with Gasteiger partial charge in [0, 0.05) is 13.1 Å². The quantitative estimate of drug-likeness (QED) is 0.723. The van der Waals surface area contributed by atoms with E-state index >= 15 is 0 Å². The normalized spacial score (nSPS) is 11.2. The van der Waals surface area contributed by atoms with E-state index in [1.54, 1.807) is 13.2 Å². The summed E-state index contributed by atoms with van der Waals surface area (Å²) in [5.74, 6) is 1.04. The highest BCUT2D eigenvalue weighted by Crippen LogP contribution is 2.36. The van der Waals surface area contributed by atoms with Gasteiger partial charge in [-0.15, -0.1) is 0 Å². The number of carbonyl (C=O) groups is 1. The SMILES string of the molecule is CCOc1c(Cl)cc(CNC(=O)C(CC)(CC)CN)cc1OC. The number of rotatable bonds is 9. The number of amides is 1. The molecule has 0 saturated heterocycles. The Bertz CT molecular complexity index is 523. The molecule has 0 spiro atoms. The van der Waals surface area contributed by atoms with Crippen LogP contribution in [0.2, 0.25) is 5.02 Å². The van der Waals surface area contributed by atoms with Crippen molar-refractivity contribution in [1.82, 2.24) is 5.32 Å². The number of hydrogen-bond donors (Lipinski definition) is 2. The van der Waals surface area contributed by atoms with Crippen LogP contribution in [0.5, 0.6) is 11.5 Å². The number of carbonyl (C=O) groups excluding carboxylic acids is 1. The summed E-state index contributed by atoms with van der Waals surface area (Å²) < 4.78 is 10.8. The van der Waals surface area contributed by atoms with Crippen molar-refractivity contribution in [1.29, 1.82) is 0 Å². The lowest BCUT2D eigenvalue weighted by Crippen LogP contribution is -2.45. The van der Waals surface area contributed by atoms with Gasteiger partial charge in [0.2, 0.25) is 5.91 Å². The summed E-state index contributed by atoms with van der Waals surface area (Å²) in [5, 5.41) is 3.41. The van der Waals surface area contributed by atoms with Crippen molar-refractivity contribution < 1.29 is 14.3 Å². The van der Waals surface area contributed by atoms with E-state index in [0.29, 0.717) is 49.1 Å². The van der Waals surface area contributed by atoms with Crippen LogP contribution in [0.15, 0.2) is 12.1 Å². The van der Waals surface area contributed by atoms with Crippen molar-refractivity contribution in [2.24, 2.45) is 11.1 Å². The summed E-state index contributed by atoms with van der Waals surface area (Å²) in [4.78, 5) is 12.5. The van der Waals surface area contributed by atoms with Crippen LogP contribution >= 0.6 is 11.6 Å². The van der Waals surface area contributed by atoms with Gasteiger partial charge in [-0.3, -0.25) is 4.79 Å². The number of benzene rings is 1. The highest BCUT2D eigenvalue weighted by atomic mass is 35.5. The summed E-state index contributed by atoms with van der Waals surface area (Å²) in [5.41, 5.74) is 6.14. The molecule has 130 valence electrons. The first-order valence-corrected chi connectivity index (χ1v) is 8.33. The second-order valence-corrected chi connectivity index (χ2v) is 5.82. The topological polar surface area (TPSA) is 73.6 Å². The molecule has 1 rings (SSSR count). The number of halogens is 1. The van der Waals surface area contributed by atoms with Crippen LogP contribution in [0, 0.1) is 5.41 Å². The van der Waals surface area contributed by atoms with Gasteiger partial charge in [0.05, 0.1) is 24.2 Å². The first-order valence-electron chi connectivity index (χ1n) is 7.95. The van der Waals surface area contributed by atoms with Crippen molar-refractivity contribution in [3.63, 3.8) is 0 Å². The van der Waals surface area contributed by atoms with Gasteiger partial charge in [0.25, 0.3) is 0 Å². The van der Waals surface area contributed by atoms with E-state index in [1.807, 2.05) is 26.8 Å².